The Morgan fingerprint density at radius 2 is 1.79 bits per heavy atom. The number of urea groups is 1. The summed E-state index contributed by atoms with van der Waals surface area (Å²) in [5.41, 5.74) is 1.71. The second kappa shape index (κ2) is 8.98. The number of carbonyl (C=O) groups is 1. The minimum Gasteiger partial charge on any atom is -0.343 e. The van der Waals surface area contributed by atoms with Gasteiger partial charge in [0.05, 0.1) is 15.7 Å². The van der Waals surface area contributed by atoms with Gasteiger partial charge in [-0.1, -0.05) is 59.6 Å². The Balaban J connectivity index is 1.32. The number of halogens is 2. The fourth-order valence-electron chi connectivity index (χ4n) is 3.12. The fourth-order valence-corrected chi connectivity index (χ4v) is 4.20. The molecule has 9 heteroatoms. The highest BCUT2D eigenvalue weighted by molar-refractivity contribution is 7.09. The largest absolute Gasteiger partial charge is 0.343 e. The molecule has 1 N–H and O–H groups in total. The molecule has 0 atom stereocenters. The van der Waals surface area contributed by atoms with E-state index in [2.05, 4.69) is 31.7 Å². The Morgan fingerprint density at radius 1 is 1.03 bits per heavy atom. The van der Waals surface area contributed by atoms with Gasteiger partial charge >= 0.3 is 6.03 Å². The van der Waals surface area contributed by atoms with Crippen LogP contribution in [0.4, 0.5) is 15.6 Å². The van der Waals surface area contributed by atoms with Crippen LogP contribution >= 0.6 is 34.7 Å². The molecule has 29 heavy (non-hydrogen) atoms. The molecule has 1 aliphatic rings. The SMILES string of the molecule is O=C(Nc1cccc(Cl)c1Cl)N1CCN(c2nc(Cc3ccccc3)ns2)CC1. The molecule has 0 bridgehead atoms. The lowest BCUT2D eigenvalue weighted by atomic mass is 10.1. The smallest absolute Gasteiger partial charge is 0.322 e. The minimum absolute atomic E-state index is 0.184. The van der Waals surface area contributed by atoms with Crippen molar-refractivity contribution in [1.29, 1.82) is 0 Å². The average Bonchev–Trinajstić information content (AvgIpc) is 3.21. The zero-order valence-electron chi connectivity index (χ0n) is 15.5. The van der Waals surface area contributed by atoms with Crippen LogP contribution in [0.1, 0.15) is 11.4 Å². The molecule has 1 fully saturated rings. The lowest BCUT2D eigenvalue weighted by Gasteiger charge is -2.34. The van der Waals surface area contributed by atoms with Crippen LogP contribution in [0, 0.1) is 0 Å². The molecule has 2 aromatic carbocycles. The topological polar surface area (TPSA) is 61.4 Å². The molecular formula is C20H19Cl2N5OS. The van der Waals surface area contributed by atoms with E-state index in [1.807, 2.05) is 18.2 Å². The molecule has 0 saturated carbocycles. The van der Waals surface area contributed by atoms with Gasteiger partial charge in [-0.3, -0.25) is 0 Å². The lowest BCUT2D eigenvalue weighted by Crippen LogP contribution is -2.50. The van der Waals surface area contributed by atoms with E-state index in [4.69, 9.17) is 23.2 Å². The van der Waals surface area contributed by atoms with Crippen molar-refractivity contribution < 1.29 is 4.79 Å². The highest BCUT2D eigenvalue weighted by Gasteiger charge is 2.24. The zero-order chi connectivity index (χ0) is 20.2. The van der Waals surface area contributed by atoms with Crippen molar-refractivity contribution in [1.82, 2.24) is 14.3 Å². The normalized spacial score (nSPS) is 14.1. The number of nitrogens with zero attached hydrogens (tertiary/aromatic N) is 4. The van der Waals surface area contributed by atoms with Gasteiger partial charge in [-0.2, -0.15) is 4.37 Å². The van der Waals surface area contributed by atoms with E-state index in [0.717, 1.165) is 17.4 Å². The van der Waals surface area contributed by atoms with E-state index in [0.29, 0.717) is 41.9 Å². The number of aromatic nitrogens is 2. The predicted octanol–water partition coefficient (Wildman–Crippen LogP) is 4.79. The molecule has 2 amide bonds. The summed E-state index contributed by atoms with van der Waals surface area (Å²) in [4.78, 5) is 21.2. The third-order valence-corrected chi connectivity index (χ3v) is 6.33. The molecule has 0 aliphatic carbocycles. The van der Waals surface area contributed by atoms with E-state index in [1.54, 1.807) is 23.1 Å². The lowest BCUT2D eigenvalue weighted by molar-refractivity contribution is 0.208. The Kier molecular flexibility index (Phi) is 6.18. The van der Waals surface area contributed by atoms with Gasteiger partial charge < -0.3 is 15.1 Å². The molecule has 150 valence electrons. The fraction of sp³-hybridized carbons (Fsp3) is 0.250. The Labute approximate surface area is 183 Å². The number of benzene rings is 2. The number of hydrogen-bond acceptors (Lipinski definition) is 5. The Morgan fingerprint density at radius 3 is 2.55 bits per heavy atom. The van der Waals surface area contributed by atoms with Crippen molar-refractivity contribution in [3.05, 3.63) is 70.0 Å². The van der Waals surface area contributed by atoms with Gasteiger partial charge in [0, 0.05) is 44.1 Å². The molecule has 0 radical (unpaired) electrons. The van der Waals surface area contributed by atoms with Gasteiger partial charge in [-0.25, -0.2) is 9.78 Å². The zero-order valence-corrected chi connectivity index (χ0v) is 17.8. The van der Waals surface area contributed by atoms with Crippen LogP contribution in [0.25, 0.3) is 0 Å². The summed E-state index contributed by atoms with van der Waals surface area (Å²) < 4.78 is 4.48. The standard InChI is InChI=1S/C20H19Cl2N5OS/c21-15-7-4-8-16(18(15)22)23-19(28)26-9-11-27(12-10-26)20-24-17(25-29-20)13-14-5-2-1-3-6-14/h1-8H,9-13H2,(H,23,28). The molecular weight excluding hydrogens is 429 g/mol. The van der Waals surface area contributed by atoms with Gasteiger partial charge in [-0.15, -0.1) is 0 Å². The summed E-state index contributed by atoms with van der Waals surface area (Å²) in [6, 6.07) is 15.2. The molecule has 1 aliphatic heterocycles. The van der Waals surface area contributed by atoms with Crippen LogP contribution < -0.4 is 10.2 Å². The summed E-state index contributed by atoms with van der Waals surface area (Å²) in [6.07, 6.45) is 0.722. The molecule has 1 saturated heterocycles. The van der Waals surface area contributed by atoms with Crippen LogP contribution in [0.2, 0.25) is 10.0 Å². The summed E-state index contributed by atoms with van der Waals surface area (Å²) in [5, 5.41) is 4.49. The molecule has 4 rings (SSSR count). The van der Waals surface area contributed by atoms with Crippen LogP contribution in [0.3, 0.4) is 0 Å². The van der Waals surface area contributed by atoms with Gasteiger partial charge in [0.2, 0.25) is 5.13 Å². The maximum Gasteiger partial charge on any atom is 0.322 e. The minimum atomic E-state index is -0.184. The van der Waals surface area contributed by atoms with Crippen LogP contribution in [0.15, 0.2) is 48.5 Å². The quantitative estimate of drug-likeness (QED) is 0.624. The second-order valence-electron chi connectivity index (χ2n) is 6.66. The molecule has 3 aromatic rings. The van der Waals surface area contributed by atoms with Crippen molar-refractivity contribution in [2.45, 2.75) is 6.42 Å². The first kappa shape index (κ1) is 19.9. The molecule has 0 unspecified atom stereocenters. The van der Waals surface area contributed by atoms with Crippen molar-refractivity contribution in [2.24, 2.45) is 0 Å². The summed E-state index contributed by atoms with van der Waals surface area (Å²) in [6.45, 7) is 2.60. The van der Waals surface area contributed by atoms with E-state index < -0.39 is 0 Å². The summed E-state index contributed by atoms with van der Waals surface area (Å²) in [5.74, 6) is 0.826. The van der Waals surface area contributed by atoms with E-state index >= 15 is 0 Å². The third-order valence-electron chi connectivity index (χ3n) is 4.69. The first-order chi connectivity index (χ1) is 14.1. The first-order valence-corrected chi connectivity index (χ1v) is 10.7. The van der Waals surface area contributed by atoms with Crippen molar-refractivity contribution in [3.8, 4) is 0 Å². The number of nitrogens with one attached hydrogen (secondary N) is 1. The summed E-state index contributed by atoms with van der Waals surface area (Å²) in [7, 11) is 0. The molecule has 1 aromatic heterocycles. The highest BCUT2D eigenvalue weighted by atomic mass is 35.5. The third kappa shape index (κ3) is 4.80. The van der Waals surface area contributed by atoms with E-state index in [9.17, 15) is 4.79 Å². The van der Waals surface area contributed by atoms with Crippen LogP contribution in [-0.2, 0) is 6.42 Å². The van der Waals surface area contributed by atoms with Crippen molar-refractivity contribution >= 4 is 51.6 Å². The predicted molar refractivity (Wildman–Crippen MR) is 118 cm³/mol. The molecule has 0 spiro atoms. The van der Waals surface area contributed by atoms with Gasteiger partial charge in [0.25, 0.3) is 0 Å². The number of hydrogen-bond donors (Lipinski definition) is 1. The number of amides is 2. The van der Waals surface area contributed by atoms with Gasteiger partial charge in [0.1, 0.15) is 5.82 Å². The van der Waals surface area contributed by atoms with Crippen LogP contribution in [-0.4, -0.2) is 46.5 Å². The van der Waals surface area contributed by atoms with Crippen LogP contribution in [0.5, 0.6) is 0 Å². The highest BCUT2D eigenvalue weighted by Crippen LogP contribution is 2.30. The van der Waals surface area contributed by atoms with Crippen molar-refractivity contribution in [3.63, 3.8) is 0 Å². The van der Waals surface area contributed by atoms with Gasteiger partial charge in [-0.05, 0) is 17.7 Å². The van der Waals surface area contributed by atoms with Crippen molar-refractivity contribution in [2.75, 3.05) is 36.4 Å². The van der Waals surface area contributed by atoms with E-state index in [-0.39, 0.29) is 6.03 Å². The monoisotopic (exact) mass is 447 g/mol. The second-order valence-corrected chi connectivity index (χ2v) is 8.18. The molecule has 6 nitrogen and oxygen atoms in total. The summed E-state index contributed by atoms with van der Waals surface area (Å²) >= 11 is 13.6. The number of piperazine rings is 1. The first-order valence-electron chi connectivity index (χ1n) is 9.21. The van der Waals surface area contributed by atoms with E-state index in [1.165, 1.54) is 17.1 Å². The maximum atomic E-state index is 12.6. The Hall–Kier alpha value is -2.35. The Bertz CT molecular complexity index is 990. The average molecular weight is 448 g/mol. The molecule has 2 heterocycles. The number of rotatable bonds is 4. The maximum absolute atomic E-state index is 12.6. The number of carbonyl (C=O) groups excluding carboxylic acids is 1. The van der Waals surface area contributed by atoms with Gasteiger partial charge in [0.15, 0.2) is 0 Å². The number of anilines is 2.